The Hall–Kier alpha value is -0.900. The van der Waals surface area contributed by atoms with Crippen molar-refractivity contribution in [3.63, 3.8) is 0 Å². The lowest BCUT2D eigenvalue weighted by Gasteiger charge is -2.33. The van der Waals surface area contributed by atoms with Gasteiger partial charge in [0, 0.05) is 6.54 Å². The van der Waals surface area contributed by atoms with Crippen LogP contribution in [0, 0.1) is 0 Å². The van der Waals surface area contributed by atoms with Gasteiger partial charge in [-0.2, -0.15) is 0 Å². The Morgan fingerprint density at radius 1 is 1.41 bits per heavy atom. The molecule has 17 heavy (non-hydrogen) atoms. The fourth-order valence-corrected chi connectivity index (χ4v) is 2.49. The van der Waals surface area contributed by atoms with Crippen molar-refractivity contribution in [1.29, 1.82) is 0 Å². The number of nitrogens with two attached hydrogens (primary N) is 1. The summed E-state index contributed by atoms with van der Waals surface area (Å²) < 4.78 is 6.06. The molecule has 3 atom stereocenters. The second-order valence-corrected chi connectivity index (χ2v) is 4.92. The standard InChI is InChI=1S/C14H21NO2/c1-10(16)11(2)17-14(9-15)8-7-12-5-3-4-6-13(12)14/h3-6,10-11,16H,7-9,15H2,1-2H3. The molecule has 0 spiro atoms. The van der Waals surface area contributed by atoms with Crippen LogP contribution in [0.2, 0.25) is 0 Å². The molecule has 2 rings (SSSR count). The molecule has 1 aliphatic rings. The van der Waals surface area contributed by atoms with Gasteiger partial charge in [-0.3, -0.25) is 0 Å². The first-order valence-corrected chi connectivity index (χ1v) is 6.23. The minimum Gasteiger partial charge on any atom is -0.391 e. The van der Waals surface area contributed by atoms with Crippen LogP contribution >= 0.6 is 0 Å². The lowest BCUT2D eigenvalue weighted by molar-refractivity contribution is -0.123. The van der Waals surface area contributed by atoms with Crippen molar-refractivity contribution in [3.05, 3.63) is 35.4 Å². The third-order valence-corrected chi connectivity index (χ3v) is 3.73. The van der Waals surface area contributed by atoms with Gasteiger partial charge in [0.2, 0.25) is 0 Å². The predicted octanol–water partition coefficient (Wildman–Crippen LogP) is 1.57. The van der Waals surface area contributed by atoms with Crippen LogP contribution in [0.4, 0.5) is 0 Å². The summed E-state index contributed by atoms with van der Waals surface area (Å²) in [5.74, 6) is 0. The van der Waals surface area contributed by atoms with Crippen molar-refractivity contribution in [1.82, 2.24) is 0 Å². The van der Waals surface area contributed by atoms with Crippen LogP contribution in [-0.4, -0.2) is 23.9 Å². The average molecular weight is 235 g/mol. The molecule has 94 valence electrons. The van der Waals surface area contributed by atoms with Crippen molar-refractivity contribution in [2.24, 2.45) is 5.73 Å². The number of ether oxygens (including phenoxy) is 1. The number of aryl methyl sites for hydroxylation is 1. The Kier molecular flexibility index (Phi) is 3.52. The first-order valence-electron chi connectivity index (χ1n) is 6.23. The van der Waals surface area contributed by atoms with E-state index in [1.807, 2.05) is 19.1 Å². The normalized spacial score (nSPS) is 26.6. The third-order valence-electron chi connectivity index (χ3n) is 3.73. The summed E-state index contributed by atoms with van der Waals surface area (Å²) >= 11 is 0. The molecule has 3 N–H and O–H groups in total. The molecule has 0 aromatic heterocycles. The first-order chi connectivity index (χ1) is 8.09. The van der Waals surface area contributed by atoms with E-state index in [0.29, 0.717) is 6.54 Å². The second-order valence-electron chi connectivity index (χ2n) is 4.92. The van der Waals surface area contributed by atoms with Crippen LogP contribution in [0.1, 0.15) is 31.4 Å². The van der Waals surface area contributed by atoms with E-state index >= 15 is 0 Å². The molecule has 3 nitrogen and oxygen atoms in total. The van der Waals surface area contributed by atoms with Crippen LogP contribution in [0.3, 0.4) is 0 Å². The van der Waals surface area contributed by atoms with Crippen LogP contribution in [0.15, 0.2) is 24.3 Å². The highest BCUT2D eigenvalue weighted by Gasteiger charge is 2.40. The molecule has 0 amide bonds. The van der Waals surface area contributed by atoms with E-state index in [1.54, 1.807) is 6.92 Å². The molecule has 0 heterocycles. The Morgan fingerprint density at radius 3 is 2.76 bits per heavy atom. The minimum atomic E-state index is -0.480. The van der Waals surface area contributed by atoms with Crippen molar-refractivity contribution in [2.45, 2.75) is 44.5 Å². The first kappa shape index (κ1) is 12.6. The summed E-state index contributed by atoms with van der Waals surface area (Å²) in [5.41, 5.74) is 8.02. The number of hydrogen-bond donors (Lipinski definition) is 2. The smallest absolute Gasteiger partial charge is 0.106 e. The summed E-state index contributed by atoms with van der Waals surface area (Å²) in [6, 6.07) is 8.28. The molecule has 0 aliphatic heterocycles. The third kappa shape index (κ3) is 2.23. The molecule has 1 aromatic carbocycles. The van der Waals surface area contributed by atoms with Crippen LogP contribution in [-0.2, 0) is 16.8 Å². The molecular weight excluding hydrogens is 214 g/mol. The molecule has 0 bridgehead atoms. The lowest BCUT2D eigenvalue weighted by Crippen LogP contribution is -2.41. The zero-order valence-corrected chi connectivity index (χ0v) is 10.5. The average Bonchev–Trinajstić information content (AvgIpc) is 2.69. The van der Waals surface area contributed by atoms with E-state index in [0.717, 1.165) is 12.8 Å². The van der Waals surface area contributed by atoms with Gasteiger partial charge in [0.1, 0.15) is 5.60 Å². The van der Waals surface area contributed by atoms with E-state index in [9.17, 15) is 5.11 Å². The number of fused-ring (bicyclic) bond motifs is 1. The largest absolute Gasteiger partial charge is 0.391 e. The maximum atomic E-state index is 9.57. The van der Waals surface area contributed by atoms with Gasteiger partial charge in [-0.05, 0) is 37.8 Å². The summed E-state index contributed by atoms with van der Waals surface area (Å²) in [7, 11) is 0. The Morgan fingerprint density at radius 2 is 2.12 bits per heavy atom. The highest BCUT2D eigenvalue weighted by atomic mass is 16.5. The Balaban J connectivity index is 2.28. The van der Waals surface area contributed by atoms with Gasteiger partial charge in [-0.1, -0.05) is 24.3 Å². The Labute approximate surface area is 103 Å². The van der Waals surface area contributed by atoms with E-state index < -0.39 is 11.7 Å². The number of hydrogen-bond acceptors (Lipinski definition) is 3. The highest BCUT2D eigenvalue weighted by molar-refractivity contribution is 5.37. The topological polar surface area (TPSA) is 55.5 Å². The monoisotopic (exact) mass is 235 g/mol. The maximum absolute atomic E-state index is 9.57. The molecule has 3 heteroatoms. The van der Waals surface area contributed by atoms with Gasteiger partial charge in [0.05, 0.1) is 12.2 Å². The molecule has 1 aliphatic carbocycles. The summed E-state index contributed by atoms with van der Waals surface area (Å²) in [4.78, 5) is 0. The van der Waals surface area contributed by atoms with Crippen molar-refractivity contribution < 1.29 is 9.84 Å². The number of rotatable bonds is 4. The van der Waals surface area contributed by atoms with Crippen molar-refractivity contribution in [3.8, 4) is 0 Å². The quantitative estimate of drug-likeness (QED) is 0.833. The fourth-order valence-electron chi connectivity index (χ4n) is 2.49. The molecule has 0 fully saturated rings. The van der Waals surface area contributed by atoms with Gasteiger partial charge >= 0.3 is 0 Å². The zero-order valence-electron chi connectivity index (χ0n) is 10.5. The summed E-state index contributed by atoms with van der Waals surface area (Å²) in [5, 5.41) is 9.57. The van der Waals surface area contributed by atoms with Gasteiger partial charge in [-0.25, -0.2) is 0 Å². The molecule has 0 radical (unpaired) electrons. The summed E-state index contributed by atoms with van der Waals surface area (Å²) in [6.07, 6.45) is 1.22. The highest BCUT2D eigenvalue weighted by Crippen LogP contribution is 2.40. The van der Waals surface area contributed by atoms with Gasteiger partial charge in [0.25, 0.3) is 0 Å². The van der Waals surface area contributed by atoms with Gasteiger partial charge in [-0.15, -0.1) is 0 Å². The van der Waals surface area contributed by atoms with Gasteiger partial charge < -0.3 is 15.6 Å². The van der Waals surface area contributed by atoms with Crippen molar-refractivity contribution >= 4 is 0 Å². The SMILES string of the molecule is CC(O)C(C)OC1(CN)CCc2ccccc21. The molecule has 1 aromatic rings. The summed E-state index contributed by atoms with van der Waals surface area (Å²) in [6.45, 7) is 4.10. The number of aliphatic hydroxyl groups excluding tert-OH is 1. The molecule has 0 saturated carbocycles. The Bertz CT molecular complexity index is 392. The van der Waals surface area contributed by atoms with Crippen LogP contribution < -0.4 is 5.73 Å². The van der Waals surface area contributed by atoms with E-state index in [1.165, 1.54) is 11.1 Å². The second kappa shape index (κ2) is 4.77. The van der Waals surface area contributed by atoms with Crippen LogP contribution in [0.5, 0.6) is 0 Å². The van der Waals surface area contributed by atoms with Crippen LogP contribution in [0.25, 0.3) is 0 Å². The number of benzene rings is 1. The molecular formula is C14H21NO2. The molecule has 3 unspecified atom stereocenters. The number of aliphatic hydroxyl groups is 1. The lowest BCUT2D eigenvalue weighted by atomic mass is 9.95. The fraction of sp³-hybridized carbons (Fsp3) is 0.571. The van der Waals surface area contributed by atoms with Crippen molar-refractivity contribution in [2.75, 3.05) is 6.54 Å². The maximum Gasteiger partial charge on any atom is 0.106 e. The predicted molar refractivity (Wildman–Crippen MR) is 67.7 cm³/mol. The van der Waals surface area contributed by atoms with E-state index in [4.69, 9.17) is 10.5 Å². The molecule has 0 saturated heterocycles. The van der Waals surface area contributed by atoms with Gasteiger partial charge in [0.15, 0.2) is 0 Å². The minimum absolute atomic E-state index is 0.204. The zero-order chi connectivity index (χ0) is 12.5. The van der Waals surface area contributed by atoms with E-state index in [2.05, 4.69) is 12.1 Å². The van der Waals surface area contributed by atoms with E-state index in [-0.39, 0.29) is 6.10 Å².